The lowest BCUT2D eigenvalue weighted by atomic mass is 10.1. The molecule has 2 aromatic rings. The van der Waals surface area contributed by atoms with E-state index < -0.39 is 0 Å². The largest absolute Gasteiger partial charge is 0.309 e. The summed E-state index contributed by atoms with van der Waals surface area (Å²) in [7, 11) is 0. The van der Waals surface area contributed by atoms with Crippen LogP contribution in [0.2, 0.25) is 0 Å². The highest BCUT2D eigenvalue weighted by atomic mass is 14.8. The van der Waals surface area contributed by atoms with Gasteiger partial charge in [0.1, 0.15) is 0 Å². The fourth-order valence-electron chi connectivity index (χ4n) is 1.81. The smallest absolute Gasteiger partial charge is 0.0991 e. The van der Waals surface area contributed by atoms with Gasteiger partial charge in [0.2, 0.25) is 0 Å². The number of nitrogens with zero attached hydrogens (tertiary/aromatic N) is 2. The van der Waals surface area contributed by atoms with Crippen molar-refractivity contribution in [1.82, 2.24) is 10.3 Å². The van der Waals surface area contributed by atoms with Crippen LogP contribution in [-0.4, -0.2) is 4.98 Å². The van der Waals surface area contributed by atoms with Crippen LogP contribution < -0.4 is 5.32 Å². The molecule has 1 aromatic carbocycles. The Labute approximate surface area is 107 Å². The highest BCUT2D eigenvalue weighted by Crippen LogP contribution is 2.10. The summed E-state index contributed by atoms with van der Waals surface area (Å²) in [5, 5.41) is 12.2. The summed E-state index contributed by atoms with van der Waals surface area (Å²) in [6, 6.07) is 11.9. The maximum atomic E-state index is 8.81. The average molecular weight is 237 g/mol. The Kier molecular flexibility index (Phi) is 4.06. The van der Waals surface area contributed by atoms with Gasteiger partial charge in [0.05, 0.1) is 11.6 Å². The molecule has 0 bridgehead atoms. The minimum Gasteiger partial charge on any atom is -0.309 e. The number of nitrogens with one attached hydrogen (secondary N) is 1. The molecule has 2 rings (SSSR count). The summed E-state index contributed by atoms with van der Waals surface area (Å²) in [6.07, 6.45) is 3.63. The van der Waals surface area contributed by atoms with Gasteiger partial charge in [-0.2, -0.15) is 5.26 Å². The van der Waals surface area contributed by atoms with Gasteiger partial charge in [-0.1, -0.05) is 12.1 Å². The lowest BCUT2D eigenvalue weighted by Gasteiger charge is -2.08. The summed E-state index contributed by atoms with van der Waals surface area (Å²) in [5.41, 5.74) is 4.25. The number of aryl methyl sites for hydroxylation is 1. The normalized spacial score (nSPS) is 10.0. The van der Waals surface area contributed by atoms with Gasteiger partial charge >= 0.3 is 0 Å². The number of hydrogen-bond donors (Lipinski definition) is 1. The first-order valence-electron chi connectivity index (χ1n) is 5.89. The second-order valence-corrected chi connectivity index (χ2v) is 4.22. The van der Waals surface area contributed by atoms with E-state index in [-0.39, 0.29) is 0 Å². The van der Waals surface area contributed by atoms with Gasteiger partial charge in [-0.3, -0.25) is 4.98 Å². The molecular formula is C15H15N3. The monoisotopic (exact) mass is 237 g/mol. The zero-order valence-electron chi connectivity index (χ0n) is 10.4. The van der Waals surface area contributed by atoms with Crippen molar-refractivity contribution < 1.29 is 0 Å². The quantitative estimate of drug-likeness (QED) is 0.889. The number of rotatable bonds is 4. The predicted molar refractivity (Wildman–Crippen MR) is 70.7 cm³/mol. The lowest BCUT2D eigenvalue weighted by molar-refractivity contribution is 0.688. The first-order valence-corrected chi connectivity index (χ1v) is 5.89. The summed E-state index contributed by atoms with van der Waals surface area (Å²) in [4.78, 5) is 4.07. The SMILES string of the molecule is Cc1cc(C#N)ccc1CNCc1cccnc1. The first kappa shape index (κ1) is 12.3. The second kappa shape index (κ2) is 5.95. The number of nitriles is 1. The molecule has 0 aliphatic heterocycles. The van der Waals surface area contributed by atoms with E-state index in [4.69, 9.17) is 5.26 Å². The topological polar surface area (TPSA) is 48.7 Å². The number of pyridine rings is 1. The Morgan fingerprint density at radius 3 is 2.83 bits per heavy atom. The van der Waals surface area contributed by atoms with Crippen molar-refractivity contribution in [2.45, 2.75) is 20.0 Å². The summed E-state index contributed by atoms with van der Waals surface area (Å²) in [5.74, 6) is 0. The van der Waals surface area contributed by atoms with Gasteiger partial charge in [0.15, 0.2) is 0 Å². The Hall–Kier alpha value is -2.18. The van der Waals surface area contributed by atoms with Crippen LogP contribution >= 0.6 is 0 Å². The molecule has 0 aliphatic carbocycles. The summed E-state index contributed by atoms with van der Waals surface area (Å²) in [6.45, 7) is 3.63. The van der Waals surface area contributed by atoms with Crippen molar-refractivity contribution in [2.75, 3.05) is 0 Å². The van der Waals surface area contributed by atoms with Crippen molar-refractivity contribution >= 4 is 0 Å². The van der Waals surface area contributed by atoms with Gasteiger partial charge in [-0.15, -0.1) is 0 Å². The summed E-state index contributed by atoms with van der Waals surface area (Å²) >= 11 is 0. The van der Waals surface area contributed by atoms with Crippen LogP contribution in [0.3, 0.4) is 0 Å². The van der Waals surface area contributed by atoms with Crippen LogP contribution in [0.5, 0.6) is 0 Å². The van der Waals surface area contributed by atoms with Gasteiger partial charge in [0.25, 0.3) is 0 Å². The third kappa shape index (κ3) is 3.16. The molecule has 18 heavy (non-hydrogen) atoms. The molecule has 1 heterocycles. The van der Waals surface area contributed by atoms with Crippen molar-refractivity contribution in [3.8, 4) is 6.07 Å². The third-order valence-corrected chi connectivity index (χ3v) is 2.84. The molecule has 0 saturated carbocycles. The highest BCUT2D eigenvalue weighted by molar-refractivity contribution is 5.37. The van der Waals surface area contributed by atoms with Gasteiger partial charge < -0.3 is 5.32 Å². The van der Waals surface area contributed by atoms with Crippen LogP contribution in [0.4, 0.5) is 0 Å². The lowest BCUT2D eigenvalue weighted by Crippen LogP contribution is -2.13. The van der Waals surface area contributed by atoms with Crippen LogP contribution in [0.25, 0.3) is 0 Å². The molecule has 3 nitrogen and oxygen atoms in total. The average Bonchev–Trinajstić information content (AvgIpc) is 2.42. The fraction of sp³-hybridized carbons (Fsp3) is 0.200. The summed E-state index contributed by atoms with van der Waals surface area (Å²) < 4.78 is 0. The zero-order valence-corrected chi connectivity index (χ0v) is 10.4. The van der Waals surface area contributed by atoms with E-state index in [0.717, 1.165) is 18.7 Å². The first-order chi connectivity index (χ1) is 8.79. The molecule has 0 fully saturated rings. The fourth-order valence-corrected chi connectivity index (χ4v) is 1.81. The second-order valence-electron chi connectivity index (χ2n) is 4.22. The van der Waals surface area contributed by atoms with E-state index in [1.807, 2.05) is 43.5 Å². The minimum atomic E-state index is 0.712. The third-order valence-electron chi connectivity index (χ3n) is 2.84. The Bertz CT molecular complexity index is 556. The minimum absolute atomic E-state index is 0.712. The van der Waals surface area contributed by atoms with Crippen molar-refractivity contribution in [3.63, 3.8) is 0 Å². The van der Waals surface area contributed by atoms with Crippen LogP contribution in [0.1, 0.15) is 22.3 Å². The highest BCUT2D eigenvalue weighted by Gasteiger charge is 2.00. The number of benzene rings is 1. The van der Waals surface area contributed by atoms with Crippen molar-refractivity contribution in [2.24, 2.45) is 0 Å². The molecule has 0 atom stereocenters. The van der Waals surface area contributed by atoms with E-state index in [1.54, 1.807) is 6.20 Å². The van der Waals surface area contributed by atoms with E-state index in [0.29, 0.717) is 5.56 Å². The van der Waals surface area contributed by atoms with E-state index in [1.165, 1.54) is 11.1 Å². The Balaban J connectivity index is 1.93. The van der Waals surface area contributed by atoms with Gasteiger partial charge in [-0.25, -0.2) is 0 Å². The molecule has 1 N–H and O–H groups in total. The molecule has 0 aliphatic rings. The predicted octanol–water partition coefficient (Wildman–Crippen LogP) is 2.55. The molecule has 0 saturated heterocycles. The van der Waals surface area contributed by atoms with Crippen LogP contribution in [0, 0.1) is 18.3 Å². The molecule has 3 heteroatoms. The molecule has 0 unspecified atom stereocenters. The van der Waals surface area contributed by atoms with Crippen LogP contribution in [0.15, 0.2) is 42.7 Å². The van der Waals surface area contributed by atoms with Crippen molar-refractivity contribution in [1.29, 1.82) is 5.26 Å². The molecule has 0 spiro atoms. The van der Waals surface area contributed by atoms with Gasteiger partial charge in [0, 0.05) is 25.5 Å². The zero-order chi connectivity index (χ0) is 12.8. The molecular weight excluding hydrogens is 222 g/mol. The van der Waals surface area contributed by atoms with Gasteiger partial charge in [-0.05, 0) is 41.8 Å². The molecule has 0 amide bonds. The van der Waals surface area contributed by atoms with E-state index >= 15 is 0 Å². The Morgan fingerprint density at radius 1 is 1.28 bits per heavy atom. The molecule has 0 radical (unpaired) electrons. The molecule has 90 valence electrons. The number of hydrogen-bond acceptors (Lipinski definition) is 3. The maximum Gasteiger partial charge on any atom is 0.0991 e. The van der Waals surface area contributed by atoms with E-state index in [9.17, 15) is 0 Å². The van der Waals surface area contributed by atoms with E-state index in [2.05, 4.69) is 16.4 Å². The van der Waals surface area contributed by atoms with Crippen molar-refractivity contribution in [3.05, 3.63) is 65.0 Å². The molecule has 1 aromatic heterocycles. The standard InChI is InChI=1S/C15H15N3/c1-12-7-13(8-16)4-5-15(12)11-18-10-14-3-2-6-17-9-14/h2-7,9,18H,10-11H2,1H3. The van der Waals surface area contributed by atoms with Crippen LogP contribution in [-0.2, 0) is 13.1 Å². The number of aromatic nitrogens is 1. The Morgan fingerprint density at radius 2 is 2.17 bits per heavy atom. The maximum absolute atomic E-state index is 8.81.